The van der Waals surface area contributed by atoms with Crippen molar-refractivity contribution in [1.82, 2.24) is 9.80 Å². The number of aliphatic carboxylic acids is 1. The minimum absolute atomic E-state index is 0.0435. The molecule has 1 aliphatic rings. The van der Waals surface area contributed by atoms with E-state index >= 15 is 0 Å². The van der Waals surface area contributed by atoms with E-state index in [0.29, 0.717) is 5.02 Å². The molecule has 1 fully saturated rings. The van der Waals surface area contributed by atoms with E-state index in [1.165, 1.54) is 24.1 Å². The molecule has 10 heteroatoms. The van der Waals surface area contributed by atoms with Crippen LogP contribution in [0.5, 0.6) is 0 Å². The van der Waals surface area contributed by atoms with E-state index < -0.39 is 51.5 Å². The molecule has 0 radical (unpaired) electrons. The molecule has 1 saturated heterocycles. The van der Waals surface area contributed by atoms with Gasteiger partial charge in [-0.3, -0.25) is 14.5 Å². The first-order valence-electron chi connectivity index (χ1n) is 9.76. The Bertz CT molecular complexity index is 1160. The molecule has 2 aromatic rings. The zero-order valence-corrected chi connectivity index (χ0v) is 19.4. The van der Waals surface area contributed by atoms with Crippen molar-refractivity contribution in [3.8, 4) is 11.1 Å². The SMILES string of the molecule is CN1C(=O)N(C[C@@H](CS(=O)(=O)c2ccc(-c3ccc(Cl)cc3)cc2)C(=O)O)C(=O)C1(C)C. The number of carbonyl (C=O) groups is 3. The number of hydrogen-bond acceptors (Lipinski definition) is 5. The van der Waals surface area contributed by atoms with E-state index in [-0.39, 0.29) is 4.90 Å². The Kier molecular flexibility index (Phi) is 6.35. The average molecular weight is 479 g/mol. The van der Waals surface area contributed by atoms with Gasteiger partial charge >= 0.3 is 12.0 Å². The summed E-state index contributed by atoms with van der Waals surface area (Å²) in [5, 5.41) is 10.2. The molecule has 3 rings (SSSR count). The largest absolute Gasteiger partial charge is 0.481 e. The molecule has 0 spiro atoms. The van der Waals surface area contributed by atoms with Crippen LogP contribution in [-0.2, 0) is 19.4 Å². The zero-order chi connectivity index (χ0) is 23.8. The minimum atomic E-state index is -3.99. The van der Waals surface area contributed by atoms with E-state index in [4.69, 9.17) is 11.6 Å². The molecule has 170 valence electrons. The van der Waals surface area contributed by atoms with Crippen molar-refractivity contribution in [1.29, 1.82) is 0 Å². The van der Waals surface area contributed by atoms with Gasteiger partial charge < -0.3 is 10.0 Å². The number of likely N-dealkylation sites (N-methyl/N-ethyl adjacent to an activating group) is 1. The van der Waals surface area contributed by atoms with Gasteiger partial charge in [0.05, 0.1) is 16.6 Å². The first-order valence-corrected chi connectivity index (χ1v) is 11.8. The number of rotatable bonds is 7. The fourth-order valence-corrected chi connectivity index (χ4v) is 5.07. The van der Waals surface area contributed by atoms with Crippen molar-refractivity contribution in [3.05, 3.63) is 53.6 Å². The molecular weight excluding hydrogens is 456 g/mol. The number of carbonyl (C=O) groups excluding carboxylic acids is 2. The lowest BCUT2D eigenvalue weighted by Gasteiger charge is -2.22. The van der Waals surface area contributed by atoms with E-state index in [2.05, 4.69) is 0 Å². The average Bonchev–Trinajstić information content (AvgIpc) is 2.88. The summed E-state index contributed by atoms with van der Waals surface area (Å²) in [4.78, 5) is 38.7. The molecule has 0 bridgehead atoms. The Balaban J connectivity index is 1.80. The van der Waals surface area contributed by atoms with Crippen LogP contribution in [-0.4, -0.2) is 66.1 Å². The summed E-state index contributed by atoms with van der Waals surface area (Å²) in [7, 11) is -2.55. The Hall–Kier alpha value is -2.91. The second-order valence-electron chi connectivity index (χ2n) is 8.16. The van der Waals surface area contributed by atoms with Gasteiger partial charge in [-0.25, -0.2) is 13.2 Å². The van der Waals surface area contributed by atoms with Gasteiger partial charge in [0, 0.05) is 18.6 Å². The smallest absolute Gasteiger partial charge is 0.327 e. The number of amides is 3. The number of benzene rings is 2. The molecule has 1 aliphatic heterocycles. The van der Waals surface area contributed by atoms with E-state index in [0.717, 1.165) is 16.0 Å². The van der Waals surface area contributed by atoms with Gasteiger partial charge in [-0.05, 0) is 49.2 Å². The van der Waals surface area contributed by atoms with Crippen molar-refractivity contribution in [2.75, 3.05) is 19.3 Å². The maximum Gasteiger partial charge on any atom is 0.327 e. The van der Waals surface area contributed by atoms with Gasteiger partial charge in [0.25, 0.3) is 5.91 Å². The van der Waals surface area contributed by atoms with Crippen molar-refractivity contribution in [3.63, 3.8) is 0 Å². The maximum absolute atomic E-state index is 12.9. The Morgan fingerprint density at radius 1 is 1.03 bits per heavy atom. The molecule has 1 heterocycles. The third-order valence-electron chi connectivity index (χ3n) is 5.69. The molecule has 3 amide bonds. The van der Waals surface area contributed by atoms with Crippen LogP contribution in [0.15, 0.2) is 53.4 Å². The number of hydrogen-bond donors (Lipinski definition) is 1. The first kappa shape index (κ1) is 23.7. The number of imide groups is 1. The van der Waals surface area contributed by atoms with Crippen LogP contribution in [0.3, 0.4) is 0 Å². The summed E-state index contributed by atoms with van der Waals surface area (Å²) in [6.07, 6.45) is 0. The molecule has 1 atom stereocenters. The number of sulfone groups is 1. The van der Waals surface area contributed by atoms with Crippen LogP contribution in [0.4, 0.5) is 4.79 Å². The van der Waals surface area contributed by atoms with Crippen molar-refractivity contribution >= 4 is 39.3 Å². The van der Waals surface area contributed by atoms with E-state index in [9.17, 15) is 27.9 Å². The third kappa shape index (κ3) is 4.49. The normalized spacial score (nSPS) is 17.0. The molecule has 32 heavy (non-hydrogen) atoms. The second kappa shape index (κ2) is 8.55. The summed E-state index contributed by atoms with van der Waals surface area (Å²) in [5.41, 5.74) is 0.491. The van der Waals surface area contributed by atoms with Crippen LogP contribution >= 0.6 is 11.6 Å². The predicted molar refractivity (Wildman–Crippen MR) is 119 cm³/mol. The van der Waals surface area contributed by atoms with Crippen molar-refractivity contribution in [2.45, 2.75) is 24.3 Å². The summed E-state index contributed by atoms with van der Waals surface area (Å²) in [6, 6.07) is 12.4. The highest BCUT2D eigenvalue weighted by molar-refractivity contribution is 7.91. The van der Waals surface area contributed by atoms with Gasteiger partial charge in [0.15, 0.2) is 9.84 Å². The van der Waals surface area contributed by atoms with Crippen molar-refractivity contribution < 1.29 is 27.9 Å². The zero-order valence-electron chi connectivity index (χ0n) is 17.8. The lowest BCUT2D eigenvalue weighted by atomic mass is 10.0. The molecule has 0 saturated carbocycles. The van der Waals surface area contributed by atoms with Crippen molar-refractivity contribution in [2.24, 2.45) is 5.92 Å². The molecule has 8 nitrogen and oxygen atoms in total. The molecule has 0 aliphatic carbocycles. The van der Waals surface area contributed by atoms with Crippen LogP contribution in [0.1, 0.15) is 13.8 Å². The van der Waals surface area contributed by atoms with Crippen LogP contribution in [0.2, 0.25) is 5.02 Å². The lowest BCUT2D eigenvalue weighted by Crippen LogP contribution is -2.43. The van der Waals surface area contributed by atoms with Crippen LogP contribution in [0, 0.1) is 5.92 Å². The quantitative estimate of drug-likeness (QED) is 0.612. The van der Waals surface area contributed by atoms with Gasteiger partial charge in [-0.2, -0.15) is 0 Å². The molecule has 0 aromatic heterocycles. The Labute approximate surface area is 191 Å². The molecular formula is C22H23ClN2O6S. The third-order valence-corrected chi connectivity index (χ3v) is 7.77. The number of carboxylic acid groups (broad SMARTS) is 1. The van der Waals surface area contributed by atoms with E-state index in [1.54, 1.807) is 50.2 Å². The first-order chi connectivity index (χ1) is 14.8. The number of halogens is 1. The topological polar surface area (TPSA) is 112 Å². The molecule has 2 aromatic carbocycles. The van der Waals surface area contributed by atoms with Gasteiger partial charge in [0.2, 0.25) is 0 Å². The maximum atomic E-state index is 12.9. The number of carboxylic acids is 1. The number of nitrogens with zero attached hydrogens (tertiary/aromatic N) is 2. The minimum Gasteiger partial charge on any atom is -0.481 e. The van der Waals surface area contributed by atoms with Gasteiger partial charge in [-0.1, -0.05) is 35.9 Å². The summed E-state index contributed by atoms with van der Waals surface area (Å²) >= 11 is 5.89. The van der Waals surface area contributed by atoms with Gasteiger partial charge in [0.1, 0.15) is 5.54 Å². The Morgan fingerprint density at radius 3 is 1.97 bits per heavy atom. The highest BCUT2D eigenvalue weighted by atomic mass is 35.5. The standard InChI is InChI=1S/C22H23ClN2O6S/c1-22(2)20(28)25(21(29)24(22)3)12-16(19(26)27)13-32(30,31)18-10-6-15(7-11-18)14-4-8-17(23)9-5-14/h4-11,16H,12-13H2,1-3H3,(H,26,27)/t16-/m0/s1. The Morgan fingerprint density at radius 2 is 1.53 bits per heavy atom. The monoisotopic (exact) mass is 478 g/mol. The summed E-state index contributed by atoms with van der Waals surface area (Å²) in [6.45, 7) is 2.56. The van der Waals surface area contributed by atoms with E-state index in [1.807, 2.05) is 0 Å². The molecule has 0 unspecified atom stereocenters. The lowest BCUT2D eigenvalue weighted by molar-refractivity contribution is -0.142. The number of urea groups is 1. The van der Waals surface area contributed by atoms with Crippen LogP contribution < -0.4 is 0 Å². The fraction of sp³-hybridized carbons (Fsp3) is 0.318. The van der Waals surface area contributed by atoms with Crippen LogP contribution in [0.25, 0.3) is 11.1 Å². The highest BCUT2D eigenvalue weighted by Crippen LogP contribution is 2.28. The summed E-state index contributed by atoms with van der Waals surface area (Å²) in [5.74, 6) is -4.18. The van der Waals surface area contributed by atoms with Gasteiger partial charge in [-0.15, -0.1) is 0 Å². The highest BCUT2D eigenvalue weighted by Gasteiger charge is 2.50. The molecule has 1 N–H and O–H groups in total. The second-order valence-corrected chi connectivity index (χ2v) is 10.6. The predicted octanol–water partition coefficient (Wildman–Crippen LogP) is 3.15. The fourth-order valence-electron chi connectivity index (χ4n) is 3.42. The summed E-state index contributed by atoms with van der Waals surface area (Å²) < 4.78 is 25.8.